The molecule has 0 N–H and O–H groups in total. The summed E-state index contributed by atoms with van der Waals surface area (Å²) in [5.74, 6) is -3.13. The fourth-order valence-electron chi connectivity index (χ4n) is 5.89. The van der Waals surface area contributed by atoms with Crippen molar-refractivity contribution in [2.75, 3.05) is 4.90 Å². The van der Waals surface area contributed by atoms with Crippen LogP contribution in [0.1, 0.15) is 28.2 Å². The van der Waals surface area contributed by atoms with Crippen LogP contribution >= 0.6 is 22.6 Å². The molecule has 7 rings (SSSR count). The molecule has 2 amide bonds. The predicted molar refractivity (Wildman–Crippen MR) is 121 cm³/mol. The van der Waals surface area contributed by atoms with Gasteiger partial charge >= 0.3 is 0 Å². The number of hydrogen-bond donors (Lipinski definition) is 0. The zero-order valence-corrected chi connectivity index (χ0v) is 18.2. The van der Waals surface area contributed by atoms with E-state index in [1.54, 1.807) is 36.4 Å². The molecular weight excluding hydrogens is 507 g/mol. The first-order valence-corrected chi connectivity index (χ1v) is 11.0. The maximum Gasteiger partial charge on any atom is 0.285 e. The van der Waals surface area contributed by atoms with Crippen molar-refractivity contribution in [1.82, 2.24) is 0 Å². The minimum Gasteiger partial charge on any atom is -0.274 e. The lowest BCUT2D eigenvalue weighted by molar-refractivity contribution is -0.578. The van der Waals surface area contributed by atoms with Crippen molar-refractivity contribution in [3.05, 3.63) is 109 Å². The third-order valence-corrected chi connectivity index (χ3v) is 7.67. The fourth-order valence-corrected chi connectivity index (χ4v) is 6.25. The Bertz CT molecular complexity index is 1260. The number of halogens is 1. The Morgan fingerprint density at radius 1 is 0.839 bits per heavy atom. The van der Waals surface area contributed by atoms with E-state index in [1.807, 2.05) is 36.4 Å². The normalized spacial score (nSPS) is 27.6. The molecule has 7 heteroatoms. The van der Waals surface area contributed by atoms with E-state index in [-0.39, 0.29) is 16.7 Å². The second kappa shape index (κ2) is 6.23. The highest BCUT2D eigenvalue weighted by molar-refractivity contribution is 14.1. The number of benzene rings is 3. The van der Waals surface area contributed by atoms with E-state index in [0.717, 1.165) is 19.6 Å². The van der Waals surface area contributed by atoms with Gasteiger partial charge in [0.2, 0.25) is 11.8 Å². The first kappa shape index (κ1) is 18.7. The minimum absolute atomic E-state index is 0.347. The van der Waals surface area contributed by atoms with Gasteiger partial charge in [-0.25, -0.2) is 4.90 Å². The van der Waals surface area contributed by atoms with Crippen LogP contribution in [0.15, 0.2) is 72.8 Å². The van der Waals surface area contributed by atoms with Gasteiger partial charge in [0.25, 0.3) is 5.54 Å². The molecule has 152 valence electrons. The van der Waals surface area contributed by atoms with Crippen molar-refractivity contribution in [1.29, 1.82) is 0 Å². The van der Waals surface area contributed by atoms with Gasteiger partial charge in [0.05, 0.1) is 11.6 Å². The van der Waals surface area contributed by atoms with E-state index in [1.165, 1.54) is 0 Å². The molecule has 4 aliphatic rings. The highest BCUT2D eigenvalue weighted by atomic mass is 127. The molecule has 31 heavy (non-hydrogen) atoms. The van der Waals surface area contributed by atoms with Gasteiger partial charge in [-0.2, -0.15) is 0 Å². The summed E-state index contributed by atoms with van der Waals surface area (Å²) >= 11 is 2.15. The molecule has 3 aromatic carbocycles. The number of imide groups is 1. The van der Waals surface area contributed by atoms with Gasteiger partial charge in [-0.15, -0.1) is 0 Å². The van der Waals surface area contributed by atoms with Crippen LogP contribution in [0.3, 0.4) is 0 Å². The third-order valence-electron chi connectivity index (χ3n) is 6.95. The van der Waals surface area contributed by atoms with E-state index >= 15 is 0 Å². The Hall–Kier alpha value is -3.07. The molecule has 2 atom stereocenters. The van der Waals surface area contributed by atoms with Crippen LogP contribution in [0.25, 0.3) is 0 Å². The summed E-state index contributed by atoms with van der Waals surface area (Å²) in [5.41, 5.74) is 1.26. The summed E-state index contributed by atoms with van der Waals surface area (Å²) in [5, 5.41) is 12.9. The van der Waals surface area contributed by atoms with Gasteiger partial charge in [-0.3, -0.25) is 19.7 Å². The first-order chi connectivity index (χ1) is 15.0. The Morgan fingerprint density at radius 2 is 1.39 bits per heavy atom. The second-order valence-electron chi connectivity index (χ2n) is 8.17. The first-order valence-electron chi connectivity index (χ1n) is 9.94. The van der Waals surface area contributed by atoms with Gasteiger partial charge in [0.1, 0.15) is 5.92 Å². The summed E-state index contributed by atoms with van der Waals surface area (Å²) in [6, 6.07) is 21.5. The summed E-state index contributed by atoms with van der Waals surface area (Å²) in [6.07, 6.45) is 0. The average molecular weight is 522 g/mol. The summed E-state index contributed by atoms with van der Waals surface area (Å²) in [6.45, 7) is 0. The molecule has 3 aliphatic carbocycles. The number of anilines is 1. The Morgan fingerprint density at radius 3 is 1.94 bits per heavy atom. The molecule has 0 unspecified atom stereocenters. The number of rotatable bonds is 2. The minimum atomic E-state index is -1.78. The molecule has 0 aromatic heterocycles. The Balaban J connectivity index is 1.67. The van der Waals surface area contributed by atoms with Gasteiger partial charge in [-0.1, -0.05) is 48.5 Å². The number of hydrogen-bond acceptors (Lipinski definition) is 4. The predicted octanol–water partition coefficient (Wildman–Crippen LogP) is 4.08. The SMILES string of the molecule is O=C1[C@@H]2[C@@H](C(=O)N1c1ccc(I)cc1)C1c3ccccc3C2([N+](=O)[O-])c2ccccc21. The molecule has 0 spiro atoms. The number of carbonyl (C=O) groups is 2. The van der Waals surface area contributed by atoms with E-state index in [0.29, 0.717) is 16.8 Å². The quantitative estimate of drug-likeness (QED) is 0.220. The van der Waals surface area contributed by atoms with Crippen LogP contribution < -0.4 is 4.90 Å². The molecule has 2 bridgehead atoms. The van der Waals surface area contributed by atoms with Gasteiger partial charge in [-0.05, 0) is 58.0 Å². The molecule has 3 aromatic rings. The smallest absolute Gasteiger partial charge is 0.274 e. The second-order valence-corrected chi connectivity index (χ2v) is 9.41. The summed E-state index contributed by atoms with van der Waals surface area (Å²) in [4.78, 5) is 41.1. The highest BCUT2D eigenvalue weighted by Crippen LogP contribution is 2.64. The topological polar surface area (TPSA) is 80.5 Å². The fraction of sp³-hybridized carbons (Fsp3) is 0.167. The van der Waals surface area contributed by atoms with Crippen LogP contribution in [0.5, 0.6) is 0 Å². The van der Waals surface area contributed by atoms with Crippen LogP contribution in [0.4, 0.5) is 5.69 Å². The lowest BCUT2D eigenvalue weighted by Gasteiger charge is -2.48. The van der Waals surface area contributed by atoms with Crippen molar-refractivity contribution >= 4 is 40.1 Å². The van der Waals surface area contributed by atoms with Crippen molar-refractivity contribution in [2.45, 2.75) is 11.5 Å². The average Bonchev–Trinajstić information content (AvgIpc) is 3.05. The van der Waals surface area contributed by atoms with Crippen molar-refractivity contribution < 1.29 is 14.5 Å². The van der Waals surface area contributed by atoms with E-state index in [4.69, 9.17) is 0 Å². The van der Waals surface area contributed by atoms with Gasteiger partial charge < -0.3 is 0 Å². The van der Waals surface area contributed by atoms with Crippen molar-refractivity contribution in [3.63, 3.8) is 0 Å². The molecular formula is C24H15IN2O4. The lowest BCUT2D eigenvalue weighted by atomic mass is 9.51. The van der Waals surface area contributed by atoms with E-state index in [2.05, 4.69) is 22.6 Å². The Labute approximate surface area is 191 Å². The lowest BCUT2D eigenvalue weighted by Crippen LogP contribution is -2.57. The maximum atomic E-state index is 13.8. The zero-order chi connectivity index (χ0) is 21.5. The third kappa shape index (κ3) is 2.12. The molecule has 1 heterocycles. The monoisotopic (exact) mass is 522 g/mol. The van der Waals surface area contributed by atoms with Crippen LogP contribution in [-0.4, -0.2) is 16.7 Å². The summed E-state index contributed by atoms with van der Waals surface area (Å²) < 4.78 is 0.972. The molecule has 1 aliphatic heterocycles. The van der Waals surface area contributed by atoms with Gasteiger partial charge in [0.15, 0.2) is 0 Å². The van der Waals surface area contributed by atoms with E-state index < -0.39 is 23.3 Å². The van der Waals surface area contributed by atoms with Gasteiger partial charge in [0, 0.05) is 25.5 Å². The van der Waals surface area contributed by atoms with Crippen LogP contribution in [-0.2, 0) is 15.1 Å². The highest BCUT2D eigenvalue weighted by Gasteiger charge is 2.74. The number of carbonyl (C=O) groups excluding carboxylic acids is 2. The maximum absolute atomic E-state index is 13.8. The van der Waals surface area contributed by atoms with E-state index in [9.17, 15) is 19.7 Å². The number of amides is 2. The Kier molecular flexibility index (Phi) is 3.75. The molecule has 0 saturated carbocycles. The molecule has 1 saturated heterocycles. The standard InChI is InChI=1S/C24H15IN2O4/c25-13-9-11-14(12-10-13)26-22(28)20-19-15-5-1-3-7-17(15)24(27(30)31,21(20)23(26)29)18-8-4-2-6-16(18)19/h1-12,19-21H/t19?,20-,21-,24?/m0/s1. The number of nitro groups is 1. The van der Waals surface area contributed by atoms with Crippen molar-refractivity contribution in [3.8, 4) is 0 Å². The van der Waals surface area contributed by atoms with Crippen LogP contribution in [0, 0.1) is 25.5 Å². The number of nitrogens with zero attached hydrogens (tertiary/aromatic N) is 2. The largest absolute Gasteiger partial charge is 0.285 e. The molecule has 0 radical (unpaired) electrons. The molecule has 1 fully saturated rings. The zero-order valence-electron chi connectivity index (χ0n) is 16.1. The van der Waals surface area contributed by atoms with Crippen molar-refractivity contribution in [2.24, 2.45) is 11.8 Å². The summed E-state index contributed by atoms with van der Waals surface area (Å²) in [7, 11) is 0. The van der Waals surface area contributed by atoms with Crippen LogP contribution in [0.2, 0.25) is 0 Å². The molecule has 6 nitrogen and oxygen atoms in total.